The molecular weight excluding hydrogens is 605 g/mol. The summed E-state index contributed by atoms with van der Waals surface area (Å²) in [5.41, 5.74) is 1.72. The van der Waals surface area contributed by atoms with Gasteiger partial charge in [0.25, 0.3) is 10.0 Å². The zero-order chi connectivity index (χ0) is 33.1. The third-order valence-electron chi connectivity index (χ3n) is 7.58. The number of hydrogen-bond donors (Lipinski definition) is 1. The molecule has 0 radical (unpaired) electrons. The predicted octanol–water partition coefficient (Wildman–Crippen LogP) is 5.97. The number of hydrogen-bond acceptors (Lipinski definition) is 5. The minimum absolute atomic E-state index is 0.0610. The number of ether oxygens (including phenoxy) is 1. The van der Waals surface area contributed by atoms with Gasteiger partial charge in [-0.1, -0.05) is 67.6 Å². The number of carbonyl (C=O) groups is 2. The van der Waals surface area contributed by atoms with Crippen molar-refractivity contribution in [3.63, 3.8) is 0 Å². The van der Waals surface area contributed by atoms with E-state index in [1.807, 2.05) is 81.4 Å². The third kappa shape index (κ3) is 8.94. The fourth-order valence-electron chi connectivity index (χ4n) is 4.91. The maximum atomic E-state index is 14.5. The van der Waals surface area contributed by atoms with Crippen LogP contribution < -0.4 is 14.4 Å². The summed E-state index contributed by atoms with van der Waals surface area (Å²) in [5, 5.41) is 3.02. The first-order chi connectivity index (χ1) is 22.1. The van der Waals surface area contributed by atoms with E-state index in [0.29, 0.717) is 18.8 Å². The van der Waals surface area contributed by atoms with Crippen LogP contribution in [-0.2, 0) is 32.6 Å². The summed E-state index contributed by atoms with van der Waals surface area (Å²) in [4.78, 5) is 29.7. The zero-order valence-corrected chi connectivity index (χ0v) is 27.1. The smallest absolute Gasteiger partial charge is 0.264 e. The second-order valence-corrected chi connectivity index (χ2v) is 12.8. The molecule has 0 bridgehead atoms. The Morgan fingerprint density at radius 2 is 1.41 bits per heavy atom. The van der Waals surface area contributed by atoms with Gasteiger partial charge in [-0.15, -0.1) is 0 Å². The molecule has 0 spiro atoms. The van der Waals surface area contributed by atoms with Crippen LogP contribution in [0.4, 0.5) is 10.1 Å². The van der Waals surface area contributed by atoms with Crippen molar-refractivity contribution in [2.45, 2.75) is 57.1 Å². The number of nitrogens with zero attached hydrogens (tertiary/aromatic N) is 2. The van der Waals surface area contributed by atoms with Crippen molar-refractivity contribution in [1.82, 2.24) is 10.2 Å². The van der Waals surface area contributed by atoms with E-state index in [4.69, 9.17) is 4.74 Å². The van der Waals surface area contributed by atoms with Crippen molar-refractivity contribution in [3.05, 3.63) is 126 Å². The summed E-state index contributed by atoms with van der Waals surface area (Å²) in [6, 6.07) is 28.3. The highest BCUT2D eigenvalue weighted by atomic mass is 32.2. The van der Waals surface area contributed by atoms with Crippen molar-refractivity contribution in [1.29, 1.82) is 0 Å². The molecule has 0 aliphatic heterocycles. The first kappa shape index (κ1) is 34.2. The van der Waals surface area contributed by atoms with Gasteiger partial charge in [0.05, 0.1) is 17.2 Å². The molecule has 4 aromatic rings. The molecule has 0 aromatic heterocycles. The average molecular weight is 646 g/mol. The van der Waals surface area contributed by atoms with E-state index < -0.39 is 34.3 Å². The van der Waals surface area contributed by atoms with Gasteiger partial charge in [0.2, 0.25) is 11.8 Å². The Balaban J connectivity index is 1.78. The molecule has 2 atom stereocenters. The van der Waals surface area contributed by atoms with Gasteiger partial charge in [0.15, 0.2) is 0 Å². The Hall–Kier alpha value is -4.70. The van der Waals surface area contributed by atoms with Gasteiger partial charge >= 0.3 is 0 Å². The lowest BCUT2D eigenvalue weighted by atomic mass is 10.0. The molecule has 8 nitrogen and oxygen atoms in total. The largest absolute Gasteiger partial charge is 0.494 e. The van der Waals surface area contributed by atoms with Crippen LogP contribution in [0, 0.1) is 5.82 Å². The first-order valence-corrected chi connectivity index (χ1v) is 16.7. The molecule has 4 rings (SSSR count). The molecule has 0 aliphatic carbocycles. The highest BCUT2D eigenvalue weighted by molar-refractivity contribution is 7.92. The highest BCUT2D eigenvalue weighted by Crippen LogP contribution is 2.27. The Kier molecular flexibility index (Phi) is 11.9. The molecule has 46 heavy (non-hydrogen) atoms. The second kappa shape index (κ2) is 16.0. The molecule has 0 heterocycles. The second-order valence-electron chi connectivity index (χ2n) is 10.9. The first-order valence-electron chi connectivity index (χ1n) is 15.3. The Bertz CT molecular complexity index is 1670. The van der Waals surface area contributed by atoms with Crippen molar-refractivity contribution < 1.29 is 27.1 Å². The summed E-state index contributed by atoms with van der Waals surface area (Å²) in [7, 11) is -4.32. The molecule has 0 unspecified atom stereocenters. The molecule has 0 aliphatic rings. The van der Waals surface area contributed by atoms with Gasteiger partial charge in [-0.2, -0.15) is 0 Å². The van der Waals surface area contributed by atoms with Gasteiger partial charge < -0.3 is 15.0 Å². The zero-order valence-electron chi connectivity index (χ0n) is 26.3. The average Bonchev–Trinajstić information content (AvgIpc) is 3.06. The van der Waals surface area contributed by atoms with Crippen LogP contribution in [0.1, 0.15) is 38.3 Å². The number of anilines is 1. The molecule has 0 fully saturated rings. The van der Waals surface area contributed by atoms with Crippen LogP contribution in [0.15, 0.2) is 114 Å². The quantitative estimate of drug-likeness (QED) is 0.172. The van der Waals surface area contributed by atoms with Crippen LogP contribution >= 0.6 is 0 Å². The van der Waals surface area contributed by atoms with Crippen molar-refractivity contribution in [2.24, 2.45) is 0 Å². The van der Waals surface area contributed by atoms with E-state index in [1.54, 1.807) is 0 Å². The fourth-order valence-corrected chi connectivity index (χ4v) is 6.33. The Morgan fingerprint density at radius 3 is 1.98 bits per heavy atom. The lowest BCUT2D eigenvalue weighted by Crippen LogP contribution is -2.54. The number of benzene rings is 4. The van der Waals surface area contributed by atoms with Crippen LogP contribution in [0.25, 0.3) is 0 Å². The topological polar surface area (TPSA) is 96.0 Å². The number of rotatable bonds is 15. The maximum absolute atomic E-state index is 14.5. The lowest BCUT2D eigenvalue weighted by molar-refractivity contribution is -0.140. The minimum Gasteiger partial charge on any atom is -0.494 e. The highest BCUT2D eigenvalue weighted by Gasteiger charge is 2.35. The summed E-state index contributed by atoms with van der Waals surface area (Å²) < 4.78 is 48.6. The predicted molar refractivity (Wildman–Crippen MR) is 177 cm³/mol. The summed E-state index contributed by atoms with van der Waals surface area (Å²) in [5.74, 6) is -0.993. The maximum Gasteiger partial charge on any atom is 0.264 e. The number of sulfonamides is 1. The fraction of sp³-hybridized carbons (Fsp3) is 0.278. The summed E-state index contributed by atoms with van der Waals surface area (Å²) in [6.45, 7) is 5.51. The van der Waals surface area contributed by atoms with Gasteiger partial charge in [0, 0.05) is 19.0 Å². The van der Waals surface area contributed by atoms with Crippen LogP contribution in [0.5, 0.6) is 5.75 Å². The number of amides is 2. The van der Waals surface area contributed by atoms with Gasteiger partial charge in [-0.25, -0.2) is 12.8 Å². The van der Waals surface area contributed by atoms with Gasteiger partial charge in [-0.3, -0.25) is 13.9 Å². The molecule has 242 valence electrons. The third-order valence-corrected chi connectivity index (χ3v) is 9.37. The van der Waals surface area contributed by atoms with E-state index in [-0.39, 0.29) is 35.5 Å². The Morgan fingerprint density at radius 1 is 0.826 bits per heavy atom. The molecule has 0 saturated heterocycles. The lowest BCUT2D eigenvalue weighted by Gasteiger charge is -2.34. The number of nitrogens with one attached hydrogen (secondary N) is 1. The summed E-state index contributed by atoms with van der Waals surface area (Å²) in [6.07, 6.45) is 0.902. The van der Waals surface area contributed by atoms with Crippen LogP contribution in [-0.4, -0.2) is 50.4 Å². The molecular formula is C36H40FN3O5S. The molecule has 2 amide bonds. The SMILES string of the molecule is CCOc1ccc(S(=O)(=O)N(CC(=O)N(Cc2ccccc2)[C@H](Cc2ccccc2)C(=O)N[C@@H](C)CC)c2ccc(F)cc2)cc1. The standard InChI is InChI=1S/C36H40FN3O5S/c1-4-27(3)38-36(42)34(24-28-12-8-6-9-13-28)39(25-29-14-10-7-11-15-29)35(41)26-40(31-18-16-30(37)17-19-31)46(43,44)33-22-20-32(21-23-33)45-5-2/h6-23,27,34H,4-5,24-26H2,1-3H3,(H,38,42)/t27-,34+/m0/s1. The monoisotopic (exact) mass is 645 g/mol. The Labute approximate surface area is 270 Å². The van der Waals surface area contributed by atoms with E-state index in [2.05, 4.69) is 5.32 Å². The molecule has 4 aromatic carbocycles. The molecule has 0 saturated carbocycles. The van der Waals surface area contributed by atoms with E-state index in [0.717, 1.165) is 27.6 Å². The summed E-state index contributed by atoms with van der Waals surface area (Å²) >= 11 is 0. The van der Waals surface area contributed by atoms with Crippen molar-refractivity contribution >= 4 is 27.5 Å². The van der Waals surface area contributed by atoms with E-state index in [1.165, 1.54) is 41.3 Å². The van der Waals surface area contributed by atoms with Gasteiger partial charge in [0.1, 0.15) is 24.2 Å². The molecule has 1 N–H and O–H groups in total. The van der Waals surface area contributed by atoms with Gasteiger partial charge in [-0.05, 0) is 79.9 Å². The van der Waals surface area contributed by atoms with E-state index >= 15 is 0 Å². The van der Waals surface area contributed by atoms with E-state index in [9.17, 15) is 22.4 Å². The normalized spacial score (nSPS) is 12.5. The van der Waals surface area contributed by atoms with Crippen LogP contribution in [0.3, 0.4) is 0 Å². The van der Waals surface area contributed by atoms with Crippen LogP contribution in [0.2, 0.25) is 0 Å². The minimum atomic E-state index is -4.32. The van der Waals surface area contributed by atoms with Crippen molar-refractivity contribution in [2.75, 3.05) is 17.5 Å². The number of halogens is 1. The molecule has 10 heteroatoms. The number of carbonyl (C=O) groups excluding carboxylic acids is 2. The van der Waals surface area contributed by atoms with Crippen molar-refractivity contribution in [3.8, 4) is 5.75 Å².